The molecule has 6 heteroatoms. The van der Waals surface area contributed by atoms with E-state index in [1.807, 2.05) is 7.05 Å². The highest BCUT2D eigenvalue weighted by Gasteiger charge is 2.37. The van der Waals surface area contributed by atoms with Crippen LogP contribution in [0.4, 0.5) is 0 Å². The van der Waals surface area contributed by atoms with Gasteiger partial charge in [-0.15, -0.1) is 0 Å². The molecule has 2 fully saturated rings. The first kappa shape index (κ1) is 20.7. The Kier molecular flexibility index (Phi) is 6.36. The van der Waals surface area contributed by atoms with Crippen molar-refractivity contribution in [2.45, 2.75) is 76.5 Å². The Morgan fingerprint density at radius 2 is 1.77 bits per heavy atom. The Balaban J connectivity index is 2.00. The number of nitrogens with one attached hydrogen (secondary N) is 2. The lowest BCUT2D eigenvalue weighted by Gasteiger charge is -2.46. The van der Waals surface area contributed by atoms with Crippen LogP contribution in [0.1, 0.15) is 53.4 Å². The van der Waals surface area contributed by atoms with Crippen LogP contribution < -0.4 is 10.6 Å². The van der Waals surface area contributed by atoms with Crippen LogP contribution in [0, 0.1) is 11.3 Å². The second-order valence-electron chi connectivity index (χ2n) is 9.28. The number of nitrogens with zero attached hydrogens (tertiary/aromatic N) is 3. The minimum atomic E-state index is -0.179. The van der Waals surface area contributed by atoms with Crippen molar-refractivity contribution in [2.24, 2.45) is 0 Å². The maximum atomic E-state index is 12.8. The number of carbonyl (C=O) groups is 1. The van der Waals surface area contributed by atoms with Crippen molar-refractivity contribution >= 4 is 5.91 Å². The molecule has 2 saturated heterocycles. The molecule has 0 bridgehead atoms. The lowest BCUT2D eigenvalue weighted by Crippen LogP contribution is -2.61. The number of amides is 1. The summed E-state index contributed by atoms with van der Waals surface area (Å²) in [5.41, 5.74) is 0.241. The fraction of sp³-hybridized carbons (Fsp3) is 0.800. The van der Waals surface area contributed by atoms with Gasteiger partial charge in [0.05, 0.1) is 0 Å². The van der Waals surface area contributed by atoms with Gasteiger partial charge in [-0.2, -0.15) is 5.26 Å². The van der Waals surface area contributed by atoms with Gasteiger partial charge in [0.1, 0.15) is 11.6 Å². The third kappa shape index (κ3) is 5.46. The lowest BCUT2D eigenvalue weighted by molar-refractivity contribution is -0.128. The summed E-state index contributed by atoms with van der Waals surface area (Å²) in [6.07, 6.45) is 5.45. The first-order valence-electron chi connectivity index (χ1n) is 9.64. The first-order valence-corrected chi connectivity index (χ1v) is 9.64. The summed E-state index contributed by atoms with van der Waals surface area (Å²) in [4.78, 5) is 16.8. The minimum absolute atomic E-state index is 0.0228. The summed E-state index contributed by atoms with van der Waals surface area (Å²) in [6, 6.07) is 2.55. The van der Waals surface area contributed by atoms with Crippen LogP contribution >= 0.6 is 0 Å². The Morgan fingerprint density at radius 1 is 1.23 bits per heavy atom. The smallest absolute Gasteiger partial charge is 0.265 e. The summed E-state index contributed by atoms with van der Waals surface area (Å²) in [7, 11) is 3.92. The van der Waals surface area contributed by atoms with Gasteiger partial charge in [0.2, 0.25) is 0 Å². The van der Waals surface area contributed by atoms with Crippen LogP contribution in [0.15, 0.2) is 11.8 Å². The molecule has 0 unspecified atom stereocenters. The molecule has 146 valence electrons. The molecule has 2 aliphatic heterocycles. The van der Waals surface area contributed by atoms with E-state index in [2.05, 4.69) is 56.3 Å². The Hall–Kier alpha value is -1.58. The predicted molar refractivity (Wildman–Crippen MR) is 104 cm³/mol. The molecule has 0 aromatic rings. The molecule has 0 atom stereocenters. The molecule has 1 amide bonds. The number of likely N-dealkylation sites (N-methyl/N-ethyl adjacent to an activating group) is 1. The van der Waals surface area contributed by atoms with E-state index in [9.17, 15) is 10.1 Å². The zero-order valence-corrected chi connectivity index (χ0v) is 17.2. The normalized spacial score (nSPS) is 24.7. The summed E-state index contributed by atoms with van der Waals surface area (Å²) < 4.78 is 0. The largest absolute Gasteiger partial charge is 0.387 e. The van der Waals surface area contributed by atoms with Gasteiger partial charge in [-0.25, -0.2) is 0 Å². The molecule has 2 aliphatic rings. The highest BCUT2D eigenvalue weighted by atomic mass is 16.2. The summed E-state index contributed by atoms with van der Waals surface area (Å²) in [5, 5.41) is 16.5. The van der Waals surface area contributed by atoms with Gasteiger partial charge in [0.15, 0.2) is 0 Å². The van der Waals surface area contributed by atoms with Gasteiger partial charge >= 0.3 is 0 Å². The van der Waals surface area contributed by atoms with Crippen LogP contribution in [0.25, 0.3) is 0 Å². The van der Waals surface area contributed by atoms with E-state index in [0.29, 0.717) is 0 Å². The van der Waals surface area contributed by atoms with E-state index in [4.69, 9.17) is 0 Å². The van der Waals surface area contributed by atoms with Gasteiger partial charge in [0, 0.05) is 36.4 Å². The van der Waals surface area contributed by atoms with Crippen molar-refractivity contribution in [3.05, 3.63) is 11.8 Å². The van der Waals surface area contributed by atoms with Crippen LogP contribution in [-0.4, -0.2) is 66.1 Å². The number of likely N-dealkylation sites (tertiary alicyclic amines) is 1. The third-order valence-corrected chi connectivity index (χ3v) is 5.56. The first-order chi connectivity index (χ1) is 12.0. The Bertz CT molecular complexity index is 565. The van der Waals surface area contributed by atoms with Crippen LogP contribution in [-0.2, 0) is 4.79 Å². The quantitative estimate of drug-likeness (QED) is 0.591. The number of nitriles is 1. The van der Waals surface area contributed by atoms with Gasteiger partial charge in [-0.05, 0) is 73.5 Å². The van der Waals surface area contributed by atoms with Crippen molar-refractivity contribution in [1.82, 2.24) is 20.4 Å². The van der Waals surface area contributed by atoms with Crippen LogP contribution in [0.3, 0.4) is 0 Å². The van der Waals surface area contributed by atoms with Crippen molar-refractivity contribution in [3.63, 3.8) is 0 Å². The van der Waals surface area contributed by atoms with Gasteiger partial charge in [-0.1, -0.05) is 0 Å². The van der Waals surface area contributed by atoms with E-state index < -0.39 is 0 Å². The number of hydrogen-bond acceptors (Lipinski definition) is 5. The Labute approximate surface area is 158 Å². The standard InChI is InChI=1S/C20H35N5O/c1-19(2)11-16(12-20(3,4)23-19)22-14-15(13-21)18(26)25(6)17-7-9-24(5)10-8-17/h14,16-17,22-23H,7-12H2,1-6H3/b15-14-. The van der Waals surface area contributed by atoms with E-state index >= 15 is 0 Å². The minimum Gasteiger partial charge on any atom is -0.387 e. The molecular weight excluding hydrogens is 326 g/mol. The topological polar surface area (TPSA) is 71.4 Å². The summed E-state index contributed by atoms with van der Waals surface area (Å²) in [5.74, 6) is -0.179. The molecule has 0 radical (unpaired) electrons. The molecule has 0 saturated carbocycles. The van der Waals surface area contributed by atoms with Crippen molar-refractivity contribution in [1.29, 1.82) is 5.26 Å². The van der Waals surface area contributed by atoms with Gasteiger partial charge in [0.25, 0.3) is 5.91 Å². The highest BCUT2D eigenvalue weighted by Crippen LogP contribution is 2.28. The maximum absolute atomic E-state index is 12.8. The van der Waals surface area contributed by atoms with Crippen molar-refractivity contribution in [3.8, 4) is 6.07 Å². The molecule has 0 aromatic heterocycles. The third-order valence-electron chi connectivity index (χ3n) is 5.56. The summed E-state index contributed by atoms with van der Waals surface area (Å²) >= 11 is 0. The average Bonchev–Trinajstić information content (AvgIpc) is 2.52. The van der Waals surface area contributed by atoms with Crippen LogP contribution in [0.2, 0.25) is 0 Å². The van der Waals surface area contributed by atoms with Crippen molar-refractivity contribution < 1.29 is 4.79 Å². The number of piperidine rings is 2. The van der Waals surface area contributed by atoms with E-state index in [0.717, 1.165) is 38.8 Å². The average molecular weight is 362 g/mol. The fourth-order valence-corrected chi connectivity index (χ4v) is 4.52. The molecular formula is C20H35N5O. The summed E-state index contributed by atoms with van der Waals surface area (Å²) in [6.45, 7) is 10.7. The number of carbonyl (C=O) groups excluding carboxylic acids is 1. The SMILES string of the molecule is CN1CCC(N(C)C(=O)/C(C#N)=C\NC2CC(C)(C)NC(C)(C)C2)CC1. The molecule has 0 spiro atoms. The molecule has 6 nitrogen and oxygen atoms in total. The monoisotopic (exact) mass is 361 g/mol. The number of hydrogen-bond donors (Lipinski definition) is 2. The maximum Gasteiger partial charge on any atom is 0.265 e. The van der Waals surface area contributed by atoms with E-state index in [1.54, 1.807) is 11.1 Å². The van der Waals surface area contributed by atoms with Gasteiger partial charge < -0.3 is 20.4 Å². The molecule has 2 heterocycles. The van der Waals surface area contributed by atoms with Gasteiger partial charge in [-0.3, -0.25) is 4.79 Å². The lowest BCUT2D eigenvalue weighted by atomic mass is 9.79. The molecule has 0 aromatic carbocycles. The fourth-order valence-electron chi connectivity index (χ4n) is 4.52. The zero-order chi connectivity index (χ0) is 19.5. The second kappa shape index (κ2) is 7.98. The van der Waals surface area contributed by atoms with Crippen molar-refractivity contribution in [2.75, 3.05) is 27.2 Å². The van der Waals surface area contributed by atoms with E-state index in [1.165, 1.54) is 0 Å². The molecule has 2 N–H and O–H groups in total. The predicted octanol–water partition coefficient (Wildman–Crippen LogP) is 1.85. The van der Waals surface area contributed by atoms with Crippen LogP contribution in [0.5, 0.6) is 0 Å². The number of rotatable bonds is 4. The zero-order valence-electron chi connectivity index (χ0n) is 17.2. The second-order valence-corrected chi connectivity index (χ2v) is 9.28. The molecule has 2 rings (SSSR count). The molecule has 26 heavy (non-hydrogen) atoms. The molecule has 0 aliphatic carbocycles. The Morgan fingerprint density at radius 3 is 2.27 bits per heavy atom. The van der Waals surface area contributed by atoms with E-state index in [-0.39, 0.29) is 34.6 Å². The highest BCUT2D eigenvalue weighted by molar-refractivity contribution is 5.97.